The summed E-state index contributed by atoms with van der Waals surface area (Å²) in [5.41, 5.74) is 7.26. The molecule has 0 saturated carbocycles. The lowest BCUT2D eigenvalue weighted by Crippen LogP contribution is -2.07. The van der Waals surface area contributed by atoms with Gasteiger partial charge in [-0.3, -0.25) is 0 Å². The number of hydrogen-bond donors (Lipinski definition) is 2. The number of benzene rings is 1. The average Bonchev–Trinajstić information content (AvgIpc) is 2.47. The highest BCUT2D eigenvalue weighted by atomic mass is 35.5. The zero-order chi connectivity index (χ0) is 14.5. The molecule has 0 aliphatic carbocycles. The van der Waals surface area contributed by atoms with Gasteiger partial charge in [-0.2, -0.15) is 4.98 Å². The molecule has 1 aromatic carbocycles. The fraction of sp³-hybridized carbons (Fsp3) is 0.214. The Labute approximate surface area is 122 Å². The van der Waals surface area contributed by atoms with E-state index in [4.69, 9.17) is 26.8 Å². The van der Waals surface area contributed by atoms with E-state index in [0.717, 1.165) is 5.56 Å². The van der Waals surface area contributed by atoms with E-state index in [-0.39, 0.29) is 0 Å². The van der Waals surface area contributed by atoms with Crippen molar-refractivity contribution in [2.24, 2.45) is 0 Å². The molecule has 3 N–H and O–H groups in total. The van der Waals surface area contributed by atoms with Crippen LogP contribution in [0.5, 0.6) is 11.6 Å². The molecule has 0 aliphatic rings. The SMILES string of the molecule is COc1ccc(N)c(NCc2c(Cl)cccc2OC)n1. The van der Waals surface area contributed by atoms with Gasteiger partial charge in [0.25, 0.3) is 0 Å². The van der Waals surface area contributed by atoms with Crippen molar-refractivity contribution in [3.8, 4) is 11.6 Å². The average molecular weight is 294 g/mol. The summed E-state index contributed by atoms with van der Waals surface area (Å²) in [6.07, 6.45) is 0. The van der Waals surface area contributed by atoms with Gasteiger partial charge in [0.15, 0.2) is 5.82 Å². The molecule has 0 fully saturated rings. The first-order valence-corrected chi connectivity index (χ1v) is 6.39. The Morgan fingerprint density at radius 2 is 2.00 bits per heavy atom. The van der Waals surface area contributed by atoms with Crippen LogP contribution in [-0.4, -0.2) is 19.2 Å². The van der Waals surface area contributed by atoms with Gasteiger partial charge in [-0.25, -0.2) is 0 Å². The van der Waals surface area contributed by atoms with Crippen molar-refractivity contribution in [2.75, 3.05) is 25.3 Å². The van der Waals surface area contributed by atoms with Crippen LogP contribution in [0.2, 0.25) is 5.02 Å². The number of pyridine rings is 1. The highest BCUT2D eigenvalue weighted by molar-refractivity contribution is 6.31. The number of nitrogens with zero attached hydrogens (tertiary/aromatic N) is 1. The van der Waals surface area contributed by atoms with Gasteiger partial charge in [-0.1, -0.05) is 17.7 Å². The Hall–Kier alpha value is -2.14. The van der Waals surface area contributed by atoms with Gasteiger partial charge >= 0.3 is 0 Å². The second kappa shape index (κ2) is 6.34. The normalized spacial score (nSPS) is 10.2. The Morgan fingerprint density at radius 1 is 1.20 bits per heavy atom. The van der Waals surface area contributed by atoms with Crippen LogP contribution in [0, 0.1) is 0 Å². The van der Waals surface area contributed by atoms with Gasteiger partial charge < -0.3 is 20.5 Å². The number of hydrogen-bond acceptors (Lipinski definition) is 5. The van der Waals surface area contributed by atoms with Gasteiger partial charge in [0.05, 0.1) is 19.9 Å². The van der Waals surface area contributed by atoms with Gasteiger partial charge in [0, 0.05) is 23.2 Å². The van der Waals surface area contributed by atoms with Gasteiger partial charge in [0.1, 0.15) is 5.75 Å². The van der Waals surface area contributed by atoms with Crippen molar-refractivity contribution in [3.63, 3.8) is 0 Å². The molecule has 2 aromatic rings. The summed E-state index contributed by atoms with van der Waals surface area (Å²) in [6, 6.07) is 8.94. The maximum atomic E-state index is 6.18. The third-order valence-corrected chi connectivity index (χ3v) is 3.19. The van der Waals surface area contributed by atoms with Crippen LogP contribution in [-0.2, 0) is 6.54 Å². The number of anilines is 2. The largest absolute Gasteiger partial charge is 0.496 e. The Morgan fingerprint density at radius 3 is 2.70 bits per heavy atom. The molecule has 6 heteroatoms. The predicted octanol–water partition coefficient (Wildman–Crippen LogP) is 2.95. The minimum Gasteiger partial charge on any atom is -0.496 e. The number of aromatic nitrogens is 1. The molecule has 0 radical (unpaired) electrons. The topological polar surface area (TPSA) is 69.4 Å². The molecule has 0 saturated heterocycles. The smallest absolute Gasteiger partial charge is 0.215 e. The van der Waals surface area contributed by atoms with Crippen molar-refractivity contribution in [2.45, 2.75) is 6.54 Å². The first kappa shape index (κ1) is 14.3. The molecule has 0 atom stereocenters. The van der Waals surface area contributed by atoms with E-state index in [9.17, 15) is 0 Å². The summed E-state index contributed by atoms with van der Waals surface area (Å²) in [6.45, 7) is 0.452. The number of methoxy groups -OCH3 is 2. The van der Waals surface area contributed by atoms with E-state index in [0.29, 0.717) is 34.7 Å². The molecule has 0 bridgehead atoms. The number of nitrogens with one attached hydrogen (secondary N) is 1. The van der Waals surface area contributed by atoms with Crippen molar-refractivity contribution in [1.82, 2.24) is 4.98 Å². The first-order valence-electron chi connectivity index (χ1n) is 6.01. The lowest BCUT2D eigenvalue weighted by atomic mass is 10.2. The molecule has 2 rings (SSSR count). The zero-order valence-electron chi connectivity index (χ0n) is 11.3. The van der Waals surface area contributed by atoms with Gasteiger partial charge in [0.2, 0.25) is 5.88 Å². The van der Waals surface area contributed by atoms with E-state index in [2.05, 4.69) is 10.3 Å². The van der Waals surface area contributed by atoms with Crippen LogP contribution in [0.4, 0.5) is 11.5 Å². The molecule has 0 aliphatic heterocycles. The predicted molar refractivity (Wildman–Crippen MR) is 80.5 cm³/mol. The number of nitrogens with two attached hydrogens (primary N) is 1. The van der Waals surface area contributed by atoms with Crippen molar-refractivity contribution in [1.29, 1.82) is 0 Å². The quantitative estimate of drug-likeness (QED) is 0.887. The maximum absolute atomic E-state index is 6.18. The number of halogens is 1. The Kier molecular flexibility index (Phi) is 4.53. The van der Waals surface area contributed by atoms with Gasteiger partial charge in [-0.05, 0) is 18.2 Å². The maximum Gasteiger partial charge on any atom is 0.215 e. The standard InChI is InChI=1S/C14H16ClN3O2/c1-19-12-5-3-4-10(15)9(12)8-17-14-11(16)6-7-13(18-14)20-2/h3-7H,8,16H2,1-2H3,(H,17,18). The molecule has 1 heterocycles. The van der Waals surface area contributed by atoms with Crippen LogP contribution in [0.25, 0.3) is 0 Å². The van der Waals surface area contributed by atoms with Crippen LogP contribution in [0.15, 0.2) is 30.3 Å². The monoisotopic (exact) mass is 293 g/mol. The lowest BCUT2D eigenvalue weighted by molar-refractivity contribution is 0.398. The highest BCUT2D eigenvalue weighted by Crippen LogP contribution is 2.28. The number of ether oxygens (including phenoxy) is 2. The van der Waals surface area contributed by atoms with Crippen molar-refractivity contribution >= 4 is 23.1 Å². The fourth-order valence-electron chi connectivity index (χ4n) is 1.78. The molecular formula is C14H16ClN3O2. The molecule has 5 nitrogen and oxygen atoms in total. The van der Waals surface area contributed by atoms with Crippen LogP contribution in [0.1, 0.15) is 5.56 Å². The first-order chi connectivity index (χ1) is 9.65. The fourth-order valence-corrected chi connectivity index (χ4v) is 2.01. The minimum atomic E-state index is 0.452. The number of rotatable bonds is 5. The third-order valence-electron chi connectivity index (χ3n) is 2.84. The summed E-state index contributed by atoms with van der Waals surface area (Å²) in [5.74, 6) is 1.76. The molecule has 106 valence electrons. The van der Waals surface area contributed by atoms with Crippen LogP contribution < -0.4 is 20.5 Å². The molecule has 1 aromatic heterocycles. The second-order valence-corrected chi connectivity index (χ2v) is 4.47. The van der Waals surface area contributed by atoms with Crippen molar-refractivity contribution in [3.05, 3.63) is 40.9 Å². The van der Waals surface area contributed by atoms with Crippen molar-refractivity contribution < 1.29 is 9.47 Å². The van der Waals surface area contributed by atoms with E-state index in [1.807, 2.05) is 18.2 Å². The Balaban J connectivity index is 2.21. The summed E-state index contributed by atoms with van der Waals surface area (Å²) in [7, 11) is 3.16. The molecule has 0 unspecified atom stereocenters. The van der Waals surface area contributed by atoms with Crippen LogP contribution >= 0.6 is 11.6 Å². The van der Waals surface area contributed by atoms with E-state index in [1.165, 1.54) is 0 Å². The summed E-state index contributed by atoms with van der Waals surface area (Å²) < 4.78 is 10.4. The Bertz CT molecular complexity index is 605. The molecular weight excluding hydrogens is 278 g/mol. The van der Waals surface area contributed by atoms with E-state index < -0.39 is 0 Å². The van der Waals surface area contributed by atoms with E-state index in [1.54, 1.807) is 26.4 Å². The van der Waals surface area contributed by atoms with Crippen LogP contribution in [0.3, 0.4) is 0 Å². The summed E-state index contributed by atoms with van der Waals surface area (Å²) >= 11 is 6.18. The summed E-state index contributed by atoms with van der Waals surface area (Å²) in [4.78, 5) is 4.25. The minimum absolute atomic E-state index is 0.452. The number of nitrogen functional groups attached to an aromatic ring is 1. The summed E-state index contributed by atoms with van der Waals surface area (Å²) in [5, 5.41) is 3.76. The lowest BCUT2D eigenvalue weighted by Gasteiger charge is -2.13. The zero-order valence-corrected chi connectivity index (χ0v) is 12.1. The van der Waals surface area contributed by atoms with Gasteiger partial charge in [-0.15, -0.1) is 0 Å². The molecule has 20 heavy (non-hydrogen) atoms. The van der Waals surface area contributed by atoms with E-state index >= 15 is 0 Å². The highest BCUT2D eigenvalue weighted by Gasteiger charge is 2.09. The third kappa shape index (κ3) is 3.05. The molecule has 0 spiro atoms. The second-order valence-electron chi connectivity index (χ2n) is 4.07. The molecule has 0 amide bonds.